The summed E-state index contributed by atoms with van der Waals surface area (Å²) < 4.78 is 11.8. The van der Waals surface area contributed by atoms with Crippen molar-refractivity contribution in [1.82, 2.24) is 0 Å². The molecule has 0 aliphatic carbocycles. The highest BCUT2D eigenvalue weighted by molar-refractivity contribution is 6.74. The smallest absolute Gasteiger partial charge is 0.336 e. The molecule has 3 nitrogen and oxygen atoms in total. The van der Waals surface area contributed by atoms with Gasteiger partial charge in [0.1, 0.15) is 6.10 Å². The highest BCUT2D eigenvalue weighted by atomic mass is 28.4. The second-order valence-corrected chi connectivity index (χ2v) is 11.9. The molecule has 0 spiro atoms. The third kappa shape index (κ3) is 5.95. The summed E-state index contributed by atoms with van der Waals surface area (Å²) in [4.78, 5) is 12.2. The second kappa shape index (κ2) is 8.13. The third-order valence-corrected chi connectivity index (χ3v) is 8.94. The van der Waals surface area contributed by atoms with Crippen molar-refractivity contribution in [3.8, 4) is 0 Å². The first kappa shape index (κ1) is 20.4. The fraction of sp³-hybridized carbons (Fsp3) is 0.824. The molecule has 21 heavy (non-hydrogen) atoms. The van der Waals surface area contributed by atoms with Crippen LogP contribution >= 0.6 is 0 Å². The SMILES string of the molecule is C=C(C(=O)OC(CC)CC)C(CC)O[Si](C)(C)C(C)(C)C. The van der Waals surface area contributed by atoms with Crippen molar-refractivity contribution in [1.29, 1.82) is 0 Å². The van der Waals surface area contributed by atoms with Gasteiger partial charge in [0.05, 0.1) is 11.7 Å². The van der Waals surface area contributed by atoms with Crippen LogP contribution in [0.4, 0.5) is 0 Å². The van der Waals surface area contributed by atoms with Crippen molar-refractivity contribution in [2.45, 2.75) is 91.1 Å². The third-order valence-electron chi connectivity index (χ3n) is 4.45. The van der Waals surface area contributed by atoms with Gasteiger partial charge < -0.3 is 9.16 Å². The lowest BCUT2D eigenvalue weighted by atomic mass is 10.1. The molecule has 4 heteroatoms. The molecule has 0 rings (SSSR count). The van der Waals surface area contributed by atoms with Gasteiger partial charge in [-0.3, -0.25) is 0 Å². The molecule has 124 valence electrons. The van der Waals surface area contributed by atoms with Crippen LogP contribution in [0.3, 0.4) is 0 Å². The summed E-state index contributed by atoms with van der Waals surface area (Å²) in [5.41, 5.74) is 0.453. The van der Waals surface area contributed by atoms with Crippen molar-refractivity contribution in [2.24, 2.45) is 0 Å². The van der Waals surface area contributed by atoms with Gasteiger partial charge >= 0.3 is 5.97 Å². The molecular formula is C17H34O3Si. The van der Waals surface area contributed by atoms with Crippen LogP contribution in [0.5, 0.6) is 0 Å². The van der Waals surface area contributed by atoms with Crippen LogP contribution in [-0.4, -0.2) is 26.5 Å². The summed E-state index contributed by atoms with van der Waals surface area (Å²) in [6, 6.07) is 0. The Bertz CT molecular complexity index is 352. The fourth-order valence-electron chi connectivity index (χ4n) is 1.75. The van der Waals surface area contributed by atoms with E-state index in [2.05, 4.69) is 40.4 Å². The Balaban J connectivity index is 4.88. The molecule has 0 radical (unpaired) electrons. The van der Waals surface area contributed by atoms with Gasteiger partial charge in [0, 0.05) is 0 Å². The Morgan fingerprint density at radius 1 is 1.10 bits per heavy atom. The largest absolute Gasteiger partial charge is 0.459 e. The first-order chi connectivity index (χ1) is 9.50. The highest BCUT2D eigenvalue weighted by Gasteiger charge is 2.40. The Hall–Kier alpha value is -0.613. The minimum absolute atomic E-state index is 0.0281. The van der Waals surface area contributed by atoms with E-state index in [1.54, 1.807) is 0 Å². The van der Waals surface area contributed by atoms with E-state index in [1.807, 2.05) is 20.8 Å². The molecule has 0 aliphatic heterocycles. The predicted octanol–water partition coefficient (Wildman–Crippen LogP) is 5.07. The van der Waals surface area contributed by atoms with E-state index in [4.69, 9.17) is 9.16 Å². The molecular weight excluding hydrogens is 280 g/mol. The van der Waals surface area contributed by atoms with E-state index < -0.39 is 8.32 Å². The lowest BCUT2D eigenvalue weighted by Crippen LogP contribution is -2.45. The standard InChI is InChI=1S/C17H34O3Si/c1-10-14(11-2)19-16(18)13(4)15(12-3)20-21(8,9)17(5,6)7/h14-15H,4,10-12H2,1-3,5-9H3. The van der Waals surface area contributed by atoms with Crippen LogP contribution in [0.25, 0.3) is 0 Å². The molecule has 0 amide bonds. The minimum Gasteiger partial charge on any atom is -0.459 e. The maximum atomic E-state index is 12.2. The predicted molar refractivity (Wildman–Crippen MR) is 92.0 cm³/mol. The van der Waals surface area contributed by atoms with E-state index in [-0.39, 0.29) is 23.2 Å². The average Bonchev–Trinajstić information content (AvgIpc) is 2.39. The number of carbonyl (C=O) groups is 1. The van der Waals surface area contributed by atoms with Gasteiger partial charge in [-0.15, -0.1) is 0 Å². The monoisotopic (exact) mass is 314 g/mol. The molecule has 1 unspecified atom stereocenters. The topological polar surface area (TPSA) is 35.5 Å². The highest BCUT2D eigenvalue weighted by Crippen LogP contribution is 2.38. The van der Waals surface area contributed by atoms with E-state index in [9.17, 15) is 4.79 Å². The summed E-state index contributed by atoms with van der Waals surface area (Å²) in [5.74, 6) is -0.311. The fourth-order valence-corrected chi connectivity index (χ4v) is 3.12. The molecule has 0 saturated carbocycles. The van der Waals surface area contributed by atoms with Crippen LogP contribution in [0.2, 0.25) is 18.1 Å². The molecule has 1 atom stereocenters. The number of rotatable bonds is 8. The zero-order valence-corrected chi connectivity index (χ0v) is 16.2. The molecule has 0 aromatic carbocycles. The zero-order valence-electron chi connectivity index (χ0n) is 15.2. The van der Waals surface area contributed by atoms with Gasteiger partial charge in [0.25, 0.3) is 0 Å². The molecule has 0 saturated heterocycles. The van der Waals surface area contributed by atoms with E-state index in [1.165, 1.54) is 0 Å². The van der Waals surface area contributed by atoms with Gasteiger partial charge in [-0.1, -0.05) is 48.1 Å². The van der Waals surface area contributed by atoms with Crippen molar-refractivity contribution >= 4 is 14.3 Å². The average molecular weight is 315 g/mol. The summed E-state index contributed by atoms with van der Waals surface area (Å²) in [7, 11) is -1.92. The van der Waals surface area contributed by atoms with Crippen LogP contribution in [-0.2, 0) is 14.0 Å². The lowest BCUT2D eigenvalue weighted by molar-refractivity contribution is -0.145. The first-order valence-corrected chi connectivity index (χ1v) is 11.0. The van der Waals surface area contributed by atoms with Gasteiger partial charge in [-0.25, -0.2) is 4.79 Å². The number of hydrogen-bond acceptors (Lipinski definition) is 3. The Morgan fingerprint density at radius 2 is 1.57 bits per heavy atom. The molecule has 0 aromatic heterocycles. The van der Waals surface area contributed by atoms with Crippen molar-refractivity contribution in [3.63, 3.8) is 0 Å². The summed E-state index contributed by atoms with van der Waals surface area (Å²) in [5, 5.41) is 0.111. The normalized spacial score (nSPS) is 14.1. The van der Waals surface area contributed by atoms with Crippen LogP contribution in [0.1, 0.15) is 60.8 Å². The Kier molecular flexibility index (Phi) is 7.90. The van der Waals surface area contributed by atoms with E-state index in [0.717, 1.165) is 19.3 Å². The number of esters is 1. The van der Waals surface area contributed by atoms with Crippen molar-refractivity contribution in [2.75, 3.05) is 0 Å². The quantitative estimate of drug-likeness (QED) is 0.356. The first-order valence-electron chi connectivity index (χ1n) is 8.07. The van der Waals surface area contributed by atoms with Crippen LogP contribution < -0.4 is 0 Å². The summed E-state index contributed by atoms with van der Waals surface area (Å²) in [6.07, 6.45) is 2.13. The van der Waals surface area contributed by atoms with Crippen LogP contribution in [0, 0.1) is 0 Å². The van der Waals surface area contributed by atoms with Crippen molar-refractivity contribution in [3.05, 3.63) is 12.2 Å². The Labute approximate surface area is 132 Å². The lowest BCUT2D eigenvalue weighted by Gasteiger charge is -2.39. The maximum Gasteiger partial charge on any atom is 0.336 e. The zero-order chi connectivity index (χ0) is 16.8. The molecule has 0 fully saturated rings. The van der Waals surface area contributed by atoms with Gasteiger partial charge in [0.2, 0.25) is 0 Å². The maximum absolute atomic E-state index is 12.2. The van der Waals surface area contributed by atoms with E-state index in [0.29, 0.717) is 5.57 Å². The van der Waals surface area contributed by atoms with E-state index >= 15 is 0 Å². The minimum atomic E-state index is -1.92. The molecule has 0 heterocycles. The number of carbonyl (C=O) groups excluding carboxylic acids is 1. The summed E-state index contributed by atoms with van der Waals surface area (Å²) >= 11 is 0. The molecule has 0 bridgehead atoms. The van der Waals surface area contributed by atoms with Crippen LogP contribution in [0.15, 0.2) is 12.2 Å². The second-order valence-electron chi connectivity index (χ2n) is 7.14. The molecule has 0 aliphatic rings. The van der Waals surface area contributed by atoms with Gasteiger partial charge in [-0.05, 0) is 37.4 Å². The molecule has 0 aromatic rings. The van der Waals surface area contributed by atoms with Crippen molar-refractivity contribution < 1.29 is 14.0 Å². The Morgan fingerprint density at radius 3 is 1.90 bits per heavy atom. The number of ether oxygens (including phenoxy) is 1. The van der Waals surface area contributed by atoms with Gasteiger partial charge in [-0.2, -0.15) is 0 Å². The molecule has 0 N–H and O–H groups in total. The number of hydrogen-bond donors (Lipinski definition) is 0. The summed E-state index contributed by atoms with van der Waals surface area (Å²) in [6.45, 7) is 21.0. The van der Waals surface area contributed by atoms with Gasteiger partial charge in [0.15, 0.2) is 8.32 Å².